The van der Waals surface area contributed by atoms with Gasteiger partial charge < -0.3 is 14.8 Å². The van der Waals surface area contributed by atoms with Crippen molar-refractivity contribution in [2.24, 2.45) is 0 Å². The van der Waals surface area contributed by atoms with Crippen molar-refractivity contribution in [3.05, 3.63) is 24.3 Å². The van der Waals surface area contributed by atoms with Gasteiger partial charge in [-0.3, -0.25) is 9.69 Å². The second-order valence-electron chi connectivity index (χ2n) is 6.79. The predicted octanol–water partition coefficient (Wildman–Crippen LogP) is 3.23. The molecular formula is C20H32N2O3. The Bertz CT molecular complexity index is 535. The molecule has 2 atom stereocenters. The Balaban J connectivity index is 1.75. The maximum absolute atomic E-state index is 12.3. The number of amides is 1. The normalized spacial score (nSPS) is 17.4. The minimum Gasteiger partial charge on any atom is -0.486 e. The third-order valence-electron chi connectivity index (χ3n) is 4.49. The summed E-state index contributed by atoms with van der Waals surface area (Å²) >= 11 is 0. The summed E-state index contributed by atoms with van der Waals surface area (Å²) in [6.07, 6.45) is 4.59. The molecule has 5 heteroatoms. The Morgan fingerprint density at radius 1 is 1.28 bits per heavy atom. The average Bonchev–Trinajstić information content (AvgIpc) is 2.61. The lowest BCUT2D eigenvalue weighted by Gasteiger charge is -2.30. The molecule has 5 nitrogen and oxygen atoms in total. The molecule has 25 heavy (non-hydrogen) atoms. The summed E-state index contributed by atoms with van der Waals surface area (Å²) in [5.74, 6) is 1.66. The molecule has 0 bridgehead atoms. The Kier molecular flexibility index (Phi) is 8.06. The van der Waals surface area contributed by atoms with Crippen LogP contribution >= 0.6 is 0 Å². The maximum atomic E-state index is 12.3. The SMILES string of the molecule is CCCCCC(C)NC(=O)CN(CC)CC1COc2ccccc2O1. The molecule has 0 fully saturated rings. The first-order valence-electron chi connectivity index (χ1n) is 9.52. The molecule has 1 aliphatic heterocycles. The van der Waals surface area contributed by atoms with Crippen molar-refractivity contribution >= 4 is 5.91 Å². The third kappa shape index (κ3) is 6.58. The fraction of sp³-hybridized carbons (Fsp3) is 0.650. The van der Waals surface area contributed by atoms with Crippen LogP contribution in [0.3, 0.4) is 0 Å². The number of unbranched alkanes of at least 4 members (excludes halogenated alkanes) is 2. The van der Waals surface area contributed by atoms with Crippen LogP contribution in [0.25, 0.3) is 0 Å². The van der Waals surface area contributed by atoms with E-state index in [-0.39, 0.29) is 18.1 Å². The predicted molar refractivity (Wildman–Crippen MR) is 100 cm³/mol. The first-order valence-corrected chi connectivity index (χ1v) is 9.52. The van der Waals surface area contributed by atoms with E-state index in [0.717, 1.165) is 24.5 Å². The number of para-hydroxylation sites is 2. The highest BCUT2D eigenvalue weighted by molar-refractivity contribution is 5.78. The Labute approximate surface area is 151 Å². The van der Waals surface area contributed by atoms with Crippen LogP contribution in [0.15, 0.2) is 24.3 Å². The monoisotopic (exact) mass is 348 g/mol. The van der Waals surface area contributed by atoms with Gasteiger partial charge in [0.2, 0.25) is 5.91 Å². The molecule has 0 aromatic heterocycles. The number of nitrogens with zero attached hydrogens (tertiary/aromatic N) is 1. The standard InChI is InChI=1S/C20H32N2O3/c1-4-6-7-10-16(3)21-20(23)14-22(5-2)13-17-15-24-18-11-8-9-12-19(18)25-17/h8-9,11-12,16-17H,4-7,10,13-15H2,1-3H3,(H,21,23). The van der Waals surface area contributed by atoms with Crippen molar-refractivity contribution in [3.63, 3.8) is 0 Å². The van der Waals surface area contributed by atoms with E-state index in [2.05, 4.69) is 31.0 Å². The number of benzene rings is 1. The van der Waals surface area contributed by atoms with Crippen LogP contribution in [-0.4, -0.2) is 49.2 Å². The van der Waals surface area contributed by atoms with E-state index in [0.29, 0.717) is 19.7 Å². The second kappa shape index (κ2) is 10.3. The number of hydrogen-bond acceptors (Lipinski definition) is 4. The highest BCUT2D eigenvalue weighted by Gasteiger charge is 2.23. The molecule has 1 aromatic rings. The molecule has 1 heterocycles. The summed E-state index contributed by atoms with van der Waals surface area (Å²) in [5.41, 5.74) is 0. The first kappa shape index (κ1) is 19.6. The van der Waals surface area contributed by atoms with Crippen LogP contribution in [0.2, 0.25) is 0 Å². The highest BCUT2D eigenvalue weighted by Crippen LogP contribution is 2.30. The maximum Gasteiger partial charge on any atom is 0.234 e. The lowest BCUT2D eigenvalue weighted by molar-refractivity contribution is -0.123. The number of likely N-dealkylation sites (N-methyl/N-ethyl adjacent to an activating group) is 1. The van der Waals surface area contributed by atoms with Crippen molar-refractivity contribution in [1.29, 1.82) is 0 Å². The Hall–Kier alpha value is -1.75. The van der Waals surface area contributed by atoms with Gasteiger partial charge in [0.05, 0.1) is 6.54 Å². The zero-order chi connectivity index (χ0) is 18.1. The number of ether oxygens (including phenoxy) is 2. The largest absolute Gasteiger partial charge is 0.486 e. The van der Waals surface area contributed by atoms with Gasteiger partial charge in [0.15, 0.2) is 11.5 Å². The third-order valence-corrected chi connectivity index (χ3v) is 4.49. The van der Waals surface area contributed by atoms with E-state index in [1.54, 1.807) is 0 Å². The molecular weight excluding hydrogens is 316 g/mol. The van der Waals surface area contributed by atoms with Crippen LogP contribution in [0.1, 0.15) is 46.5 Å². The fourth-order valence-electron chi connectivity index (χ4n) is 3.04. The minimum atomic E-state index is -0.0513. The fourth-order valence-corrected chi connectivity index (χ4v) is 3.04. The Morgan fingerprint density at radius 3 is 2.76 bits per heavy atom. The van der Waals surface area contributed by atoms with Gasteiger partial charge >= 0.3 is 0 Å². The number of nitrogens with one attached hydrogen (secondary N) is 1. The summed E-state index contributed by atoms with van der Waals surface area (Å²) in [6, 6.07) is 7.94. The van der Waals surface area contributed by atoms with Crippen molar-refractivity contribution in [1.82, 2.24) is 10.2 Å². The average molecular weight is 348 g/mol. The van der Waals surface area contributed by atoms with Crippen molar-refractivity contribution < 1.29 is 14.3 Å². The number of carbonyl (C=O) groups excluding carboxylic acids is 1. The number of fused-ring (bicyclic) bond motifs is 1. The molecule has 1 amide bonds. The number of hydrogen-bond donors (Lipinski definition) is 1. The summed E-state index contributed by atoms with van der Waals surface area (Å²) < 4.78 is 11.7. The topological polar surface area (TPSA) is 50.8 Å². The summed E-state index contributed by atoms with van der Waals surface area (Å²) in [5, 5.41) is 3.10. The van der Waals surface area contributed by atoms with E-state index >= 15 is 0 Å². The van der Waals surface area contributed by atoms with Gasteiger partial charge in [0.25, 0.3) is 0 Å². The molecule has 140 valence electrons. The van der Waals surface area contributed by atoms with E-state index in [1.807, 2.05) is 24.3 Å². The van der Waals surface area contributed by atoms with Gasteiger partial charge in [0.1, 0.15) is 12.7 Å². The van der Waals surface area contributed by atoms with Crippen molar-refractivity contribution in [2.75, 3.05) is 26.2 Å². The van der Waals surface area contributed by atoms with Crippen LogP contribution < -0.4 is 14.8 Å². The summed E-state index contributed by atoms with van der Waals surface area (Å²) in [7, 11) is 0. The highest BCUT2D eigenvalue weighted by atomic mass is 16.6. The number of carbonyl (C=O) groups is 1. The van der Waals surface area contributed by atoms with Crippen molar-refractivity contribution in [2.45, 2.75) is 58.6 Å². The zero-order valence-corrected chi connectivity index (χ0v) is 15.8. The lowest BCUT2D eigenvalue weighted by Crippen LogP contribution is -2.46. The lowest BCUT2D eigenvalue weighted by atomic mass is 10.1. The van der Waals surface area contributed by atoms with E-state index < -0.39 is 0 Å². The minimum absolute atomic E-state index is 0.0513. The summed E-state index contributed by atoms with van der Waals surface area (Å²) in [4.78, 5) is 14.4. The quantitative estimate of drug-likeness (QED) is 0.660. The van der Waals surface area contributed by atoms with Gasteiger partial charge in [-0.05, 0) is 32.0 Å². The van der Waals surface area contributed by atoms with Gasteiger partial charge in [-0.2, -0.15) is 0 Å². The molecule has 1 aliphatic rings. The van der Waals surface area contributed by atoms with Crippen LogP contribution in [-0.2, 0) is 4.79 Å². The van der Waals surface area contributed by atoms with Crippen LogP contribution in [0.4, 0.5) is 0 Å². The van der Waals surface area contributed by atoms with E-state index in [4.69, 9.17) is 9.47 Å². The van der Waals surface area contributed by atoms with Gasteiger partial charge in [-0.1, -0.05) is 45.2 Å². The van der Waals surface area contributed by atoms with Crippen LogP contribution in [0.5, 0.6) is 11.5 Å². The molecule has 2 unspecified atom stereocenters. The molecule has 0 aliphatic carbocycles. The van der Waals surface area contributed by atoms with Gasteiger partial charge in [-0.25, -0.2) is 0 Å². The number of rotatable bonds is 10. The Morgan fingerprint density at radius 2 is 2.04 bits per heavy atom. The molecule has 0 saturated heterocycles. The molecule has 0 spiro atoms. The molecule has 0 radical (unpaired) electrons. The zero-order valence-electron chi connectivity index (χ0n) is 15.8. The van der Waals surface area contributed by atoms with Crippen molar-refractivity contribution in [3.8, 4) is 11.5 Å². The van der Waals surface area contributed by atoms with E-state index in [1.165, 1.54) is 19.3 Å². The molecule has 0 saturated carbocycles. The smallest absolute Gasteiger partial charge is 0.234 e. The van der Waals surface area contributed by atoms with Gasteiger partial charge in [0, 0.05) is 12.6 Å². The molecule has 1 N–H and O–H groups in total. The second-order valence-corrected chi connectivity index (χ2v) is 6.79. The van der Waals surface area contributed by atoms with E-state index in [9.17, 15) is 4.79 Å². The van der Waals surface area contributed by atoms with Gasteiger partial charge in [-0.15, -0.1) is 0 Å². The first-order chi connectivity index (χ1) is 12.1. The summed E-state index contributed by atoms with van der Waals surface area (Å²) in [6.45, 7) is 8.74. The molecule has 2 rings (SSSR count). The van der Waals surface area contributed by atoms with Crippen LogP contribution in [0, 0.1) is 0 Å². The molecule has 1 aromatic carbocycles.